The summed E-state index contributed by atoms with van der Waals surface area (Å²) in [5.41, 5.74) is 0.937. The predicted octanol–water partition coefficient (Wildman–Crippen LogP) is 1.81. The van der Waals surface area contributed by atoms with Gasteiger partial charge in [-0.1, -0.05) is 19.1 Å². The molecule has 0 aromatic heterocycles. The molecule has 1 amide bonds. The summed E-state index contributed by atoms with van der Waals surface area (Å²) in [6, 6.07) is 6.53. The molecule has 5 nitrogen and oxygen atoms in total. The largest absolute Gasteiger partial charge is 0.480 e. The molecule has 2 rings (SSSR count). The number of nitrogens with zero attached hydrogens (tertiary/aromatic N) is 1. The molecule has 1 aromatic rings. The number of likely N-dealkylation sites (N-methyl/N-ethyl adjacent to an activating group) is 1. The number of carbonyl (C=O) groups excluding carboxylic acids is 1. The number of carbonyl (C=O) groups is 2. The van der Waals surface area contributed by atoms with Crippen LogP contribution >= 0.6 is 0 Å². The van der Waals surface area contributed by atoms with Gasteiger partial charge in [-0.25, -0.2) is 4.39 Å². The summed E-state index contributed by atoms with van der Waals surface area (Å²) in [4.78, 5) is 24.6. The average molecular weight is 322 g/mol. The van der Waals surface area contributed by atoms with Gasteiger partial charge in [0.05, 0.1) is 6.54 Å². The molecule has 126 valence electrons. The number of hydrogen-bond acceptors (Lipinski definition) is 3. The van der Waals surface area contributed by atoms with Gasteiger partial charge in [0.1, 0.15) is 5.82 Å². The lowest BCUT2D eigenvalue weighted by Crippen LogP contribution is -2.54. The van der Waals surface area contributed by atoms with E-state index < -0.39 is 5.97 Å². The first-order valence-electron chi connectivity index (χ1n) is 7.97. The Hall–Kier alpha value is -1.95. The maximum atomic E-state index is 12.8. The summed E-state index contributed by atoms with van der Waals surface area (Å²) in [5, 5.41) is 11.8. The smallest absolute Gasteiger partial charge is 0.317 e. The maximum absolute atomic E-state index is 12.8. The minimum absolute atomic E-state index is 0.0148. The summed E-state index contributed by atoms with van der Waals surface area (Å²) in [7, 11) is 0. The fraction of sp³-hybridized carbons (Fsp3) is 0.529. The molecule has 0 heterocycles. The van der Waals surface area contributed by atoms with Crippen LogP contribution in [0.15, 0.2) is 24.3 Å². The third-order valence-corrected chi connectivity index (χ3v) is 4.29. The van der Waals surface area contributed by atoms with Crippen LogP contribution in [0.1, 0.15) is 31.7 Å². The molecule has 1 aromatic carbocycles. The lowest BCUT2D eigenvalue weighted by atomic mass is 9.85. The van der Waals surface area contributed by atoms with Gasteiger partial charge in [0.25, 0.3) is 0 Å². The Balaban J connectivity index is 1.67. The van der Waals surface area contributed by atoms with E-state index in [-0.39, 0.29) is 30.4 Å². The molecule has 0 radical (unpaired) electrons. The highest BCUT2D eigenvalue weighted by molar-refractivity contribution is 5.76. The van der Waals surface area contributed by atoms with Crippen molar-refractivity contribution in [1.29, 1.82) is 0 Å². The molecular formula is C17H23FN2O3. The van der Waals surface area contributed by atoms with Crippen molar-refractivity contribution in [2.45, 2.75) is 44.7 Å². The van der Waals surface area contributed by atoms with E-state index in [1.807, 2.05) is 11.8 Å². The molecule has 0 aliphatic heterocycles. The van der Waals surface area contributed by atoms with Crippen molar-refractivity contribution in [3.05, 3.63) is 35.6 Å². The van der Waals surface area contributed by atoms with Crippen LogP contribution in [0.4, 0.5) is 4.39 Å². The third-order valence-electron chi connectivity index (χ3n) is 4.29. The monoisotopic (exact) mass is 322 g/mol. The van der Waals surface area contributed by atoms with E-state index in [2.05, 4.69) is 5.32 Å². The molecule has 1 aliphatic carbocycles. The lowest BCUT2D eigenvalue weighted by Gasteiger charge is -2.42. The van der Waals surface area contributed by atoms with E-state index in [1.54, 1.807) is 12.1 Å². The first-order valence-corrected chi connectivity index (χ1v) is 7.97. The Morgan fingerprint density at radius 2 is 1.96 bits per heavy atom. The molecule has 0 bridgehead atoms. The molecule has 0 saturated heterocycles. The van der Waals surface area contributed by atoms with Crippen molar-refractivity contribution in [1.82, 2.24) is 10.2 Å². The van der Waals surface area contributed by atoms with Crippen LogP contribution in [0.5, 0.6) is 0 Å². The second kappa shape index (κ2) is 8.06. The number of carboxylic acid groups (broad SMARTS) is 1. The highest BCUT2D eigenvalue weighted by Gasteiger charge is 2.34. The SMILES string of the molecule is CCN(CC(=O)O)C1CC(NC(=O)CCc2ccc(F)cc2)C1. The standard InChI is InChI=1S/C17H23FN2O3/c1-2-20(11-17(22)23)15-9-14(10-15)19-16(21)8-5-12-3-6-13(18)7-4-12/h3-4,6-7,14-15H,2,5,8-11H2,1H3,(H,19,21)(H,22,23). The fourth-order valence-corrected chi connectivity index (χ4v) is 2.89. The number of amides is 1. The van der Waals surface area contributed by atoms with E-state index in [9.17, 15) is 14.0 Å². The Kier molecular flexibility index (Phi) is 6.10. The first-order chi connectivity index (χ1) is 11.0. The van der Waals surface area contributed by atoms with Gasteiger partial charge in [-0.2, -0.15) is 0 Å². The highest BCUT2D eigenvalue weighted by Crippen LogP contribution is 2.25. The van der Waals surface area contributed by atoms with Crippen LogP contribution in [-0.2, 0) is 16.0 Å². The minimum Gasteiger partial charge on any atom is -0.480 e. The number of aryl methyl sites for hydroxylation is 1. The van der Waals surface area contributed by atoms with E-state index >= 15 is 0 Å². The van der Waals surface area contributed by atoms with Gasteiger partial charge < -0.3 is 10.4 Å². The molecule has 23 heavy (non-hydrogen) atoms. The fourth-order valence-electron chi connectivity index (χ4n) is 2.89. The van der Waals surface area contributed by atoms with Gasteiger partial charge >= 0.3 is 5.97 Å². The van der Waals surface area contributed by atoms with Gasteiger partial charge in [0.2, 0.25) is 5.91 Å². The van der Waals surface area contributed by atoms with Crippen LogP contribution in [0.3, 0.4) is 0 Å². The summed E-state index contributed by atoms with van der Waals surface area (Å²) in [6.07, 6.45) is 2.55. The number of halogens is 1. The maximum Gasteiger partial charge on any atom is 0.317 e. The number of hydrogen-bond donors (Lipinski definition) is 2. The summed E-state index contributed by atoms with van der Waals surface area (Å²) in [6.45, 7) is 2.69. The minimum atomic E-state index is -0.821. The Bertz CT molecular complexity index is 541. The van der Waals surface area contributed by atoms with Crippen molar-refractivity contribution in [2.75, 3.05) is 13.1 Å². The average Bonchev–Trinajstić information content (AvgIpc) is 2.47. The zero-order valence-electron chi connectivity index (χ0n) is 13.3. The van der Waals surface area contributed by atoms with Crippen molar-refractivity contribution in [2.24, 2.45) is 0 Å². The molecule has 1 aliphatic rings. The van der Waals surface area contributed by atoms with Crippen molar-refractivity contribution in [3.8, 4) is 0 Å². The molecule has 0 spiro atoms. The van der Waals surface area contributed by atoms with Gasteiger partial charge in [-0.3, -0.25) is 14.5 Å². The third kappa shape index (κ3) is 5.32. The molecule has 6 heteroatoms. The number of rotatable bonds is 8. The Morgan fingerprint density at radius 3 is 2.52 bits per heavy atom. The summed E-state index contributed by atoms with van der Waals surface area (Å²) in [5.74, 6) is -1.11. The van der Waals surface area contributed by atoms with E-state index in [1.165, 1.54) is 12.1 Å². The van der Waals surface area contributed by atoms with Crippen LogP contribution in [-0.4, -0.2) is 47.1 Å². The zero-order chi connectivity index (χ0) is 16.8. The second-order valence-corrected chi connectivity index (χ2v) is 5.97. The molecule has 1 saturated carbocycles. The van der Waals surface area contributed by atoms with E-state index in [0.717, 1.165) is 18.4 Å². The first kappa shape index (κ1) is 17.4. The second-order valence-electron chi connectivity index (χ2n) is 5.97. The Morgan fingerprint density at radius 1 is 1.30 bits per heavy atom. The van der Waals surface area contributed by atoms with E-state index in [4.69, 9.17) is 5.11 Å². The summed E-state index contributed by atoms with van der Waals surface area (Å²) < 4.78 is 12.8. The zero-order valence-corrected chi connectivity index (χ0v) is 13.3. The van der Waals surface area contributed by atoms with E-state index in [0.29, 0.717) is 19.4 Å². The molecule has 1 fully saturated rings. The van der Waals surface area contributed by atoms with Crippen LogP contribution in [0.2, 0.25) is 0 Å². The number of nitrogens with one attached hydrogen (secondary N) is 1. The quantitative estimate of drug-likeness (QED) is 0.766. The van der Waals surface area contributed by atoms with Crippen LogP contribution in [0, 0.1) is 5.82 Å². The molecular weight excluding hydrogens is 299 g/mol. The highest BCUT2D eigenvalue weighted by atomic mass is 19.1. The lowest BCUT2D eigenvalue weighted by molar-refractivity contribution is -0.139. The van der Waals surface area contributed by atoms with Crippen molar-refractivity contribution >= 4 is 11.9 Å². The number of aliphatic carboxylic acids is 1. The van der Waals surface area contributed by atoms with Crippen LogP contribution in [0.25, 0.3) is 0 Å². The number of carboxylic acids is 1. The normalized spacial score (nSPS) is 20.1. The molecule has 2 N–H and O–H groups in total. The van der Waals surface area contributed by atoms with Gasteiger partial charge in [-0.05, 0) is 43.5 Å². The summed E-state index contributed by atoms with van der Waals surface area (Å²) >= 11 is 0. The predicted molar refractivity (Wildman–Crippen MR) is 84.6 cm³/mol. The van der Waals surface area contributed by atoms with Crippen molar-refractivity contribution in [3.63, 3.8) is 0 Å². The van der Waals surface area contributed by atoms with Gasteiger partial charge in [0, 0.05) is 18.5 Å². The topological polar surface area (TPSA) is 69.6 Å². The molecule has 0 atom stereocenters. The Labute approximate surface area is 135 Å². The van der Waals surface area contributed by atoms with Gasteiger partial charge in [0.15, 0.2) is 0 Å². The van der Waals surface area contributed by atoms with Crippen molar-refractivity contribution < 1.29 is 19.1 Å². The van der Waals surface area contributed by atoms with Crippen LogP contribution < -0.4 is 5.32 Å². The number of benzene rings is 1. The van der Waals surface area contributed by atoms with Gasteiger partial charge in [-0.15, -0.1) is 0 Å². The molecule has 0 unspecified atom stereocenters.